The molecular formula is C17H11F3N2O2S. The zero-order chi connectivity index (χ0) is 18.0. The molecule has 2 aromatic carbocycles. The van der Waals surface area contributed by atoms with Crippen molar-refractivity contribution in [2.75, 3.05) is 0 Å². The maximum atomic E-state index is 13.7. The zero-order valence-corrected chi connectivity index (χ0v) is 13.4. The Morgan fingerprint density at radius 1 is 1.08 bits per heavy atom. The van der Waals surface area contributed by atoms with Gasteiger partial charge in [0.2, 0.25) is 0 Å². The van der Waals surface area contributed by atoms with Crippen LogP contribution in [0.1, 0.15) is 16.1 Å². The number of carboxylic acid groups (broad SMARTS) is 1. The van der Waals surface area contributed by atoms with Crippen LogP contribution in [-0.2, 0) is 5.75 Å². The van der Waals surface area contributed by atoms with Crippen LogP contribution >= 0.6 is 11.8 Å². The number of rotatable bonds is 5. The fourth-order valence-corrected chi connectivity index (χ4v) is 3.19. The molecule has 1 aromatic heterocycles. The lowest BCUT2D eigenvalue weighted by Crippen LogP contribution is -2.07. The number of thioether (sulfide) groups is 1. The van der Waals surface area contributed by atoms with E-state index in [1.165, 1.54) is 28.8 Å². The van der Waals surface area contributed by atoms with E-state index in [0.717, 1.165) is 36.2 Å². The highest BCUT2D eigenvalue weighted by atomic mass is 32.2. The predicted molar refractivity (Wildman–Crippen MR) is 86.4 cm³/mol. The minimum Gasteiger partial charge on any atom is -0.477 e. The van der Waals surface area contributed by atoms with Gasteiger partial charge in [0.25, 0.3) is 0 Å². The molecule has 25 heavy (non-hydrogen) atoms. The molecule has 1 N–H and O–H groups in total. The Kier molecular flexibility index (Phi) is 4.80. The second-order valence-electron chi connectivity index (χ2n) is 5.07. The van der Waals surface area contributed by atoms with Gasteiger partial charge in [-0.15, -0.1) is 0 Å². The molecule has 1 heterocycles. The van der Waals surface area contributed by atoms with Crippen LogP contribution in [0.5, 0.6) is 0 Å². The molecular weight excluding hydrogens is 353 g/mol. The Hall–Kier alpha value is -2.74. The molecule has 0 fully saturated rings. The average molecular weight is 364 g/mol. The van der Waals surface area contributed by atoms with Gasteiger partial charge in [-0.25, -0.2) is 22.9 Å². The van der Waals surface area contributed by atoms with E-state index in [0.29, 0.717) is 5.69 Å². The Morgan fingerprint density at radius 3 is 2.44 bits per heavy atom. The van der Waals surface area contributed by atoms with E-state index in [9.17, 15) is 23.1 Å². The van der Waals surface area contributed by atoms with Crippen molar-refractivity contribution in [3.63, 3.8) is 0 Å². The maximum absolute atomic E-state index is 13.7. The van der Waals surface area contributed by atoms with Gasteiger partial charge in [0.05, 0.1) is 6.20 Å². The molecule has 0 aliphatic heterocycles. The molecule has 0 spiro atoms. The van der Waals surface area contributed by atoms with Crippen LogP contribution in [0.25, 0.3) is 5.69 Å². The smallest absolute Gasteiger partial charge is 0.354 e. The van der Waals surface area contributed by atoms with Gasteiger partial charge in [0, 0.05) is 17.0 Å². The fraction of sp³-hybridized carbons (Fsp3) is 0.0588. The highest BCUT2D eigenvalue weighted by Gasteiger charge is 2.18. The third-order valence-electron chi connectivity index (χ3n) is 3.40. The molecule has 0 saturated heterocycles. The Balaban J connectivity index is 1.95. The summed E-state index contributed by atoms with van der Waals surface area (Å²) in [6.45, 7) is 0. The number of aromatic nitrogens is 2. The van der Waals surface area contributed by atoms with Crippen molar-refractivity contribution < 1.29 is 23.1 Å². The minimum atomic E-state index is -1.21. The Morgan fingerprint density at radius 2 is 1.76 bits per heavy atom. The van der Waals surface area contributed by atoms with Crippen LogP contribution in [-0.4, -0.2) is 20.6 Å². The SMILES string of the molecule is O=C(O)c1cnc(SCc2cc(F)ccc2F)n1-c1ccc(F)cc1. The number of hydrogen-bond donors (Lipinski definition) is 1. The van der Waals surface area contributed by atoms with Crippen LogP contribution in [0.4, 0.5) is 13.2 Å². The first-order valence-corrected chi connectivity index (χ1v) is 8.08. The topological polar surface area (TPSA) is 55.1 Å². The molecule has 0 saturated carbocycles. The number of hydrogen-bond acceptors (Lipinski definition) is 3. The normalized spacial score (nSPS) is 10.8. The molecule has 0 radical (unpaired) electrons. The van der Waals surface area contributed by atoms with Crippen LogP contribution < -0.4 is 0 Å². The predicted octanol–water partition coefficient (Wildman–Crippen LogP) is 4.28. The van der Waals surface area contributed by atoms with E-state index in [1.807, 2.05) is 0 Å². The summed E-state index contributed by atoms with van der Waals surface area (Å²) in [5.74, 6) is -2.74. The first-order chi connectivity index (χ1) is 12.0. The van der Waals surface area contributed by atoms with Crippen molar-refractivity contribution in [3.05, 3.63) is 77.4 Å². The van der Waals surface area contributed by atoms with Gasteiger partial charge in [0.15, 0.2) is 10.9 Å². The molecule has 0 unspecified atom stereocenters. The molecule has 0 amide bonds. The zero-order valence-electron chi connectivity index (χ0n) is 12.6. The van der Waals surface area contributed by atoms with Gasteiger partial charge in [-0.05, 0) is 42.5 Å². The van der Waals surface area contributed by atoms with Crippen molar-refractivity contribution in [1.29, 1.82) is 0 Å². The quantitative estimate of drug-likeness (QED) is 0.687. The van der Waals surface area contributed by atoms with Gasteiger partial charge in [0.1, 0.15) is 17.5 Å². The van der Waals surface area contributed by atoms with E-state index in [-0.39, 0.29) is 22.2 Å². The lowest BCUT2D eigenvalue weighted by Gasteiger charge is -2.10. The van der Waals surface area contributed by atoms with Crippen molar-refractivity contribution in [3.8, 4) is 5.69 Å². The molecule has 0 aliphatic rings. The number of nitrogens with zero attached hydrogens (tertiary/aromatic N) is 2. The number of halogens is 3. The van der Waals surface area contributed by atoms with E-state index in [1.54, 1.807) is 0 Å². The second kappa shape index (κ2) is 7.02. The Labute approximate surface area is 144 Å². The van der Waals surface area contributed by atoms with E-state index >= 15 is 0 Å². The average Bonchev–Trinajstić information content (AvgIpc) is 3.00. The summed E-state index contributed by atoms with van der Waals surface area (Å²) < 4.78 is 41.4. The van der Waals surface area contributed by atoms with Crippen LogP contribution in [0.2, 0.25) is 0 Å². The summed E-state index contributed by atoms with van der Waals surface area (Å²) in [7, 11) is 0. The van der Waals surface area contributed by atoms with Crippen LogP contribution in [0, 0.1) is 17.5 Å². The number of aromatic carboxylic acids is 1. The summed E-state index contributed by atoms with van der Waals surface area (Å²) in [5, 5.41) is 9.58. The number of imidazole rings is 1. The summed E-state index contributed by atoms with van der Waals surface area (Å²) in [6.07, 6.45) is 1.16. The van der Waals surface area contributed by atoms with Crippen molar-refractivity contribution >= 4 is 17.7 Å². The lowest BCUT2D eigenvalue weighted by atomic mass is 10.2. The van der Waals surface area contributed by atoms with Crippen LogP contribution in [0.3, 0.4) is 0 Å². The third-order valence-corrected chi connectivity index (χ3v) is 4.40. The molecule has 0 bridgehead atoms. The van der Waals surface area contributed by atoms with Crippen molar-refractivity contribution in [1.82, 2.24) is 9.55 Å². The molecule has 0 atom stereocenters. The number of carboxylic acids is 1. The largest absolute Gasteiger partial charge is 0.477 e. The lowest BCUT2D eigenvalue weighted by molar-refractivity contribution is 0.0687. The first kappa shape index (κ1) is 17.1. The summed E-state index contributed by atoms with van der Waals surface area (Å²) in [4.78, 5) is 15.4. The van der Waals surface area contributed by atoms with E-state index in [4.69, 9.17) is 0 Å². The van der Waals surface area contributed by atoms with E-state index < -0.39 is 23.4 Å². The van der Waals surface area contributed by atoms with Crippen LogP contribution in [0.15, 0.2) is 53.8 Å². The maximum Gasteiger partial charge on any atom is 0.354 e. The summed E-state index contributed by atoms with van der Waals surface area (Å²) in [5.41, 5.74) is 0.419. The molecule has 3 rings (SSSR count). The van der Waals surface area contributed by atoms with Crippen molar-refractivity contribution in [2.24, 2.45) is 0 Å². The van der Waals surface area contributed by atoms with Gasteiger partial charge in [-0.1, -0.05) is 11.8 Å². The highest BCUT2D eigenvalue weighted by molar-refractivity contribution is 7.98. The van der Waals surface area contributed by atoms with Gasteiger partial charge >= 0.3 is 5.97 Å². The Bertz CT molecular complexity index is 926. The fourth-order valence-electron chi connectivity index (χ4n) is 2.22. The molecule has 3 aromatic rings. The summed E-state index contributed by atoms with van der Waals surface area (Å²) in [6, 6.07) is 8.34. The van der Waals surface area contributed by atoms with E-state index in [2.05, 4.69) is 4.98 Å². The monoisotopic (exact) mass is 364 g/mol. The number of benzene rings is 2. The molecule has 128 valence electrons. The standard InChI is InChI=1S/C17H11F3N2O2S/c18-11-1-4-13(5-2-11)22-15(16(23)24)8-21-17(22)25-9-10-7-12(19)3-6-14(10)20/h1-8H,9H2,(H,23,24). The second-order valence-corrected chi connectivity index (χ2v) is 6.01. The summed E-state index contributed by atoms with van der Waals surface area (Å²) >= 11 is 1.05. The third kappa shape index (κ3) is 3.69. The molecule has 0 aliphatic carbocycles. The minimum absolute atomic E-state index is 0.0564. The highest BCUT2D eigenvalue weighted by Crippen LogP contribution is 2.27. The van der Waals surface area contributed by atoms with Gasteiger partial charge < -0.3 is 5.11 Å². The molecule has 8 heteroatoms. The van der Waals surface area contributed by atoms with Crippen molar-refractivity contribution in [2.45, 2.75) is 10.9 Å². The van der Waals surface area contributed by atoms with Gasteiger partial charge in [-0.2, -0.15) is 0 Å². The first-order valence-electron chi connectivity index (χ1n) is 7.09. The van der Waals surface area contributed by atoms with Gasteiger partial charge in [-0.3, -0.25) is 4.57 Å². The number of carbonyl (C=O) groups is 1. The molecule has 4 nitrogen and oxygen atoms in total.